The zero-order chi connectivity index (χ0) is 10.7. The van der Waals surface area contributed by atoms with Crippen molar-refractivity contribution in [2.45, 2.75) is 6.42 Å². The Hall–Kier alpha value is -1.32. The molecule has 2 aromatic rings. The molecule has 0 aliphatic rings. The van der Waals surface area contributed by atoms with Crippen molar-refractivity contribution >= 4 is 11.6 Å². The Morgan fingerprint density at radius 1 is 1.40 bits per heavy atom. The normalized spacial score (nSPS) is 10.5. The van der Waals surface area contributed by atoms with E-state index >= 15 is 0 Å². The molecular formula is C11H12ClN3. The molecule has 3 nitrogen and oxygen atoms in total. The largest absolute Gasteiger partial charge is 0.330 e. The van der Waals surface area contributed by atoms with Crippen LogP contribution >= 0.6 is 11.6 Å². The monoisotopic (exact) mass is 221 g/mol. The molecule has 0 bridgehead atoms. The molecular weight excluding hydrogens is 210 g/mol. The van der Waals surface area contributed by atoms with Crippen molar-refractivity contribution < 1.29 is 0 Å². The zero-order valence-corrected chi connectivity index (χ0v) is 8.98. The number of aromatic nitrogens is 2. The van der Waals surface area contributed by atoms with Gasteiger partial charge in [-0.25, -0.2) is 4.98 Å². The smallest absolute Gasteiger partial charge is 0.0991 e. The number of benzene rings is 1. The quantitative estimate of drug-likeness (QED) is 0.862. The molecule has 0 spiro atoms. The van der Waals surface area contributed by atoms with E-state index in [0.717, 1.165) is 17.1 Å². The number of nitrogens with two attached hydrogens (primary N) is 1. The Kier molecular flexibility index (Phi) is 3.04. The second-order valence-corrected chi connectivity index (χ2v) is 3.72. The van der Waals surface area contributed by atoms with Crippen LogP contribution in [0.3, 0.4) is 0 Å². The van der Waals surface area contributed by atoms with Crippen molar-refractivity contribution in [1.29, 1.82) is 0 Å². The molecule has 2 N–H and O–H groups in total. The van der Waals surface area contributed by atoms with E-state index in [4.69, 9.17) is 17.3 Å². The lowest BCUT2D eigenvalue weighted by atomic mass is 10.1. The van der Waals surface area contributed by atoms with Crippen LogP contribution in [0.5, 0.6) is 0 Å². The first-order valence-electron chi connectivity index (χ1n) is 4.78. The van der Waals surface area contributed by atoms with Gasteiger partial charge in [-0.1, -0.05) is 17.7 Å². The third kappa shape index (κ3) is 2.19. The summed E-state index contributed by atoms with van der Waals surface area (Å²) in [6, 6.07) is 5.81. The second-order valence-electron chi connectivity index (χ2n) is 3.28. The fourth-order valence-corrected chi connectivity index (χ4v) is 1.71. The molecule has 0 aliphatic heterocycles. The maximum atomic E-state index is 5.97. The number of hydrogen-bond donors (Lipinski definition) is 1. The first-order valence-corrected chi connectivity index (χ1v) is 5.16. The van der Waals surface area contributed by atoms with Gasteiger partial charge in [-0.2, -0.15) is 0 Å². The molecule has 0 fully saturated rings. The number of rotatable bonds is 3. The lowest BCUT2D eigenvalue weighted by Gasteiger charge is -2.09. The highest BCUT2D eigenvalue weighted by molar-refractivity contribution is 6.30. The van der Waals surface area contributed by atoms with E-state index in [9.17, 15) is 0 Å². The molecule has 1 aromatic heterocycles. The minimum absolute atomic E-state index is 0.628. The van der Waals surface area contributed by atoms with Crippen molar-refractivity contribution in [3.8, 4) is 5.69 Å². The predicted octanol–water partition coefficient (Wildman–Crippen LogP) is 2.03. The Bertz CT molecular complexity index is 437. The molecule has 1 aromatic carbocycles. The van der Waals surface area contributed by atoms with Crippen LogP contribution in [-0.4, -0.2) is 16.1 Å². The molecule has 0 unspecified atom stereocenters. The SMILES string of the molecule is NCCc1ccc(Cl)cc1-n1ccnc1. The molecule has 0 aliphatic carbocycles. The predicted molar refractivity (Wildman–Crippen MR) is 61.3 cm³/mol. The van der Waals surface area contributed by atoms with E-state index < -0.39 is 0 Å². The molecule has 0 atom stereocenters. The molecule has 2 rings (SSSR count). The Balaban J connectivity index is 2.47. The minimum Gasteiger partial charge on any atom is -0.330 e. The fraction of sp³-hybridized carbons (Fsp3) is 0.182. The first kappa shape index (κ1) is 10.2. The van der Waals surface area contributed by atoms with Gasteiger partial charge in [-0.3, -0.25) is 0 Å². The van der Waals surface area contributed by atoms with E-state index in [1.54, 1.807) is 12.5 Å². The Labute approximate surface area is 93.5 Å². The van der Waals surface area contributed by atoms with Crippen LogP contribution in [0.15, 0.2) is 36.9 Å². The van der Waals surface area contributed by atoms with Crippen molar-refractivity contribution in [3.05, 3.63) is 47.5 Å². The van der Waals surface area contributed by atoms with Crippen LogP contribution in [-0.2, 0) is 6.42 Å². The summed E-state index contributed by atoms with van der Waals surface area (Å²) < 4.78 is 1.94. The van der Waals surface area contributed by atoms with Gasteiger partial charge < -0.3 is 10.3 Å². The lowest BCUT2D eigenvalue weighted by molar-refractivity contribution is 0.934. The first-order chi connectivity index (χ1) is 7.31. The molecule has 15 heavy (non-hydrogen) atoms. The molecule has 4 heteroatoms. The maximum Gasteiger partial charge on any atom is 0.0991 e. The van der Waals surface area contributed by atoms with E-state index in [2.05, 4.69) is 4.98 Å². The van der Waals surface area contributed by atoms with Crippen molar-refractivity contribution in [1.82, 2.24) is 9.55 Å². The third-order valence-electron chi connectivity index (χ3n) is 2.24. The van der Waals surface area contributed by atoms with Gasteiger partial charge in [0.15, 0.2) is 0 Å². The number of halogens is 1. The Morgan fingerprint density at radius 3 is 2.93 bits per heavy atom. The van der Waals surface area contributed by atoms with Crippen molar-refractivity contribution in [3.63, 3.8) is 0 Å². The molecule has 0 amide bonds. The van der Waals surface area contributed by atoms with E-state index in [1.165, 1.54) is 5.56 Å². The number of imidazole rings is 1. The van der Waals surface area contributed by atoms with Gasteiger partial charge in [-0.15, -0.1) is 0 Å². The van der Waals surface area contributed by atoms with Gasteiger partial charge in [0.2, 0.25) is 0 Å². The number of nitrogens with zero attached hydrogens (tertiary/aromatic N) is 2. The van der Waals surface area contributed by atoms with Crippen molar-refractivity contribution in [2.24, 2.45) is 5.73 Å². The fourth-order valence-electron chi connectivity index (χ4n) is 1.55. The van der Waals surface area contributed by atoms with E-state index in [-0.39, 0.29) is 0 Å². The maximum absolute atomic E-state index is 5.97. The average Bonchev–Trinajstić information content (AvgIpc) is 2.74. The van der Waals surface area contributed by atoms with Gasteiger partial charge in [0, 0.05) is 17.4 Å². The molecule has 0 radical (unpaired) electrons. The van der Waals surface area contributed by atoms with Gasteiger partial charge in [0.1, 0.15) is 0 Å². The van der Waals surface area contributed by atoms with Gasteiger partial charge in [0.05, 0.1) is 12.0 Å². The van der Waals surface area contributed by atoms with Crippen LogP contribution in [0.25, 0.3) is 5.69 Å². The molecule has 0 saturated carbocycles. The topological polar surface area (TPSA) is 43.8 Å². The van der Waals surface area contributed by atoms with Crippen LogP contribution in [0.1, 0.15) is 5.56 Å². The zero-order valence-electron chi connectivity index (χ0n) is 8.23. The summed E-state index contributed by atoms with van der Waals surface area (Å²) in [5, 5.41) is 0.722. The second kappa shape index (κ2) is 4.47. The minimum atomic E-state index is 0.628. The third-order valence-corrected chi connectivity index (χ3v) is 2.48. The van der Waals surface area contributed by atoms with E-state index in [1.807, 2.05) is 29.0 Å². The average molecular weight is 222 g/mol. The summed E-state index contributed by atoms with van der Waals surface area (Å²) in [7, 11) is 0. The highest BCUT2D eigenvalue weighted by atomic mass is 35.5. The number of hydrogen-bond acceptors (Lipinski definition) is 2. The summed E-state index contributed by atoms with van der Waals surface area (Å²) >= 11 is 5.97. The van der Waals surface area contributed by atoms with Crippen LogP contribution in [0, 0.1) is 0 Å². The van der Waals surface area contributed by atoms with E-state index in [0.29, 0.717) is 6.54 Å². The summed E-state index contributed by atoms with van der Waals surface area (Å²) in [5.41, 5.74) is 7.79. The highest BCUT2D eigenvalue weighted by Gasteiger charge is 2.04. The van der Waals surface area contributed by atoms with Crippen LogP contribution in [0.2, 0.25) is 5.02 Å². The molecule has 1 heterocycles. The van der Waals surface area contributed by atoms with Crippen molar-refractivity contribution in [2.75, 3.05) is 6.54 Å². The van der Waals surface area contributed by atoms with Gasteiger partial charge in [0.25, 0.3) is 0 Å². The summed E-state index contributed by atoms with van der Waals surface area (Å²) in [6.07, 6.45) is 6.23. The lowest BCUT2D eigenvalue weighted by Crippen LogP contribution is -2.06. The Morgan fingerprint density at radius 2 is 2.27 bits per heavy atom. The van der Waals surface area contributed by atoms with Gasteiger partial charge in [-0.05, 0) is 30.7 Å². The summed E-state index contributed by atoms with van der Waals surface area (Å²) in [6.45, 7) is 0.628. The standard InChI is InChI=1S/C11H12ClN3/c12-10-2-1-9(3-4-13)11(7-10)15-6-5-14-8-15/h1-2,5-8H,3-4,13H2. The summed E-state index contributed by atoms with van der Waals surface area (Å²) in [4.78, 5) is 4.02. The van der Waals surface area contributed by atoms with Gasteiger partial charge >= 0.3 is 0 Å². The molecule has 0 saturated heterocycles. The van der Waals surface area contributed by atoms with Crippen LogP contribution < -0.4 is 5.73 Å². The van der Waals surface area contributed by atoms with Crippen LogP contribution in [0.4, 0.5) is 0 Å². The molecule has 78 valence electrons. The highest BCUT2D eigenvalue weighted by Crippen LogP contribution is 2.20. The summed E-state index contributed by atoms with van der Waals surface area (Å²) in [5.74, 6) is 0.